The molecule has 0 saturated heterocycles. The van der Waals surface area contributed by atoms with E-state index in [9.17, 15) is 0 Å². The quantitative estimate of drug-likeness (QED) is 0.684. The zero-order valence-electron chi connectivity index (χ0n) is 11.7. The summed E-state index contributed by atoms with van der Waals surface area (Å²) in [4.78, 5) is 0. The minimum Gasteiger partial charge on any atom is -0.494 e. The minimum absolute atomic E-state index is 0.696. The highest BCUT2D eigenvalue weighted by Crippen LogP contribution is 2.17. The fourth-order valence-corrected chi connectivity index (χ4v) is 1.58. The van der Waals surface area contributed by atoms with Gasteiger partial charge < -0.3 is 14.8 Å². The Balaban J connectivity index is 2.11. The fraction of sp³-hybridized carbons (Fsp3) is 0.600. The first-order valence-electron chi connectivity index (χ1n) is 6.78. The summed E-state index contributed by atoms with van der Waals surface area (Å²) in [5.41, 5.74) is 0. The highest BCUT2D eigenvalue weighted by molar-refractivity contribution is 5.31. The molecule has 0 atom stereocenters. The van der Waals surface area contributed by atoms with Gasteiger partial charge in [0.05, 0.1) is 13.2 Å². The van der Waals surface area contributed by atoms with E-state index in [0.29, 0.717) is 12.5 Å². The molecular formula is C15H25NO2. The Hall–Kier alpha value is -1.22. The van der Waals surface area contributed by atoms with E-state index in [1.54, 1.807) is 0 Å². The van der Waals surface area contributed by atoms with Crippen LogP contribution in [0.3, 0.4) is 0 Å². The Kier molecular flexibility index (Phi) is 7.26. The largest absolute Gasteiger partial charge is 0.494 e. The molecule has 1 rings (SSSR count). The van der Waals surface area contributed by atoms with Gasteiger partial charge in [0.1, 0.15) is 11.5 Å². The lowest BCUT2D eigenvalue weighted by atomic mass is 10.2. The van der Waals surface area contributed by atoms with Crippen LogP contribution in [0.2, 0.25) is 0 Å². The van der Waals surface area contributed by atoms with Crippen LogP contribution in [0, 0.1) is 5.92 Å². The summed E-state index contributed by atoms with van der Waals surface area (Å²) < 4.78 is 11.0. The van der Waals surface area contributed by atoms with E-state index in [2.05, 4.69) is 19.2 Å². The molecule has 1 N–H and O–H groups in total. The van der Waals surface area contributed by atoms with Gasteiger partial charge in [0, 0.05) is 0 Å². The molecule has 1 aromatic carbocycles. The molecule has 0 heterocycles. The van der Waals surface area contributed by atoms with Gasteiger partial charge in [-0.3, -0.25) is 0 Å². The first-order valence-corrected chi connectivity index (χ1v) is 6.78. The maximum Gasteiger partial charge on any atom is 0.119 e. The van der Waals surface area contributed by atoms with Crippen LogP contribution in [0.25, 0.3) is 0 Å². The van der Waals surface area contributed by atoms with E-state index in [1.807, 2.05) is 31.2 Å². The second kappa shape index (κ2) is 8.81. The summed E-state index contributed by atoms with van der Waals surface area (Å²) in [5, 5.41) is 3.40. The van der Waals surface area contributed by atoms with E-state index >= 15 is 0 Å². The molecule has 3 nitrogen and oxygen atoms in total. The standard InChI is InChI=1S/C15H25NO2/c1-4-17-14-6-8-15(9-7-14)18-11-5-10-16-12-13(2)3/h6-9,13,16H,4-5,10-12H2,1-3H3. The van der Waals surface area contributed by atoms with E-state index < -0.39 is 0 Å². The highest BCUT2D eigenvalue weighted by atomic mass is 16.5. The fourth-order valence-electron chi connectivity index (χ4n) is 1.58. The molecular weight excluding hydrogens is 226 g/mol. The van der Waals surface area contributed by atoms with Crippen molar-refractivity contribution < 1.29 is 9.47 Å². The van der Waals surface area contributed by atoms with Crippen LogP contribution in [-0.2, 0) is 0 Å². The number of hydrogen-bond acceptors (Lipinski definition) is 3. The average Bonchev–Trinajstić information content (AvgIpc) is 2.35. The maximum atomic E-state index is 5.65. The van der Waals surface area contributed by atoms with Crippen molar-refractivity contribution in [1.82, 2.24) is 5.32 Å². The van der Waals surface area contributed by atoms with Crippen LogP contribution in [0.1, 0.15) is 27.2 Å². The molecule has 18 heavy (non-hydrogen) atoms. The Bertz CT molecular complexity index is 309. The van der Waals surface area contributed by atoms with Gasteiger partial charge in [-0.15, -0.1) is 0 Å². The van der Waals surface area contributed by atoms with E-state index in [4.69, 9.17) is 9.47 Å². The summed E-state index contributed by atoms with van der Waals surface area (Å²) in [6, 6.07) is 7.78. The SMILES string of the molecule is CCOc1ccc(OCCCNCC(C)C)cc1. The van der Waals surface area contributed by atoms with Crippen molar-refractivity contribution in [3.63, 3.8) is 0 Å². The molecule has 1 aromatic rings. The van der Waals surface area contributed by atoms with Crippen LogP contribution >= 0.6 is 0 Å². The Morgan fingerprint density at radius 1 is 1.06 bits per heavy atom. The monoisotopic (exact) mass is 251 g/mol. The van der Waals surface area contributed by atoms with Gasteiger partial charge in [0.15, 0.2) is 0 Å². The van der Waals surface area contributed by atoms with E-state index in [-0.39, 0.29) is 0 Å². The molecule has 0 fully saturated rings. The summed E-state index contributed by atoms with van der Waals surface area (Å²) in [6.45, 7) is 9.93. The number of nitrogens with one attached hydrogen (secondary N) is 1. The smallest absolute Gasteiger partial charge is 0.119 e. The second-order valence-electron chi connectivity index (χ2n) is 4.70. The van der Waals surface area contributed by atoms with Gasteiger partial charge in [-0.25, -0.2) is 0 Å². The van der Waals surface area contributed by atoms with Crippen LogP contribution in [0.4, 0.5) is 0 Å². The van der Waals surface area contributed by atoms with Gasteiger partial charge >= 0.3 is 0 Å². The van der Waals surface area contributed by atoms with E-state index in [0.717, 1.165) is 37.6 Å². The summed E-state index contributed by atoms with van der Waals surface area (Å²) in [5.74, 6) is 2.50. The zero-order valence-corrected chi connectivity index (χ0v) is 11.7. The molecule has 0 unspecified atom stereocenters. The van der Waals surface area contributed by atoms with Gasteiger partial charge in [-0.2, -0.15) is 0 Å². The number of hydrogen-bond donors (Lipinski definition) is 1. The number of benzene rings is 1. The van der Waals surface area contributed by atoms with Crippen molar-refractivity contribution in [2.45, 2.75) is 27.2 Å². The number of rotatable bonds is 9. The van der Waals surface area contributed by atoms with Gasteiger partial charge in [-0.05, 0) is 56.6 Å². The lowest BCUT2D eigenvalue weighted by Gasteiger charge is -2.09. The lowest BCUT2D eigenvalue weighted by Crippen LogP contribution is -2.22. The van der Waals surface area contributed by atoms with Crippen LogP contribution in [0.15, 0.2) is 24.3 Å². The molecule has 0 aliphatic rings. The lowest BCUT2D eigenvalue weighted by molar-refractivity contribution is 0.305. The molecule has 0 bridgehead atoms. The molecule has 102 valence electrons. The van der Waals surface area contributed by atoms with Crippen LogP contribution in [0.5, 0.6) is 11.5 Å². The molecule has 0 aliphatic carbocycles. The summed E-state index contributed by atoms with van der Waals surface area (Å²) >= 11 is 0. The third-order valence-electron chi connectivity index (χ3n) is 2.45. The van der Waals surface area contributed by atoms with Gasteiger partial charge in [0.2, 0.25) is 0 Å². The molecule has 0 amide bonds. The number of ether oxygens (including phenoxy) is 2. The Labute approximate surface area is 110 Å². The third-order valence-corrected chi connectivity index (χ3v) is 2.45. The van der Waals surface area contributed by atoms with Crippen molar-refractivity contribution in [3.8, 4) is 11.5 Å². The van der Waals surface area contributed by atoms with Crippen LogP contribution in [-0.4, -0.2) is 26.3 Å². The first kappa shape index (κ1) is 14.8. The van der Waals surface area contributed by atoms with Gasteiger partial charge in [-0.1, -0.05) is 13.8 Å². The van der Waals surface area contributed by atoms with Crippen molar-refractivity contribution in [2.75, 3.05) is 26.3 Å². The maximum absolute atomic E-state index is 5.65. The van der Waals surface area contributed by atoms with Crippen molar-refractivity contribution in [2.24, 2.45) is 5.92 Å². The average molecular weight is 251 g/mol. The third kappa shape index (κ3) is 6.50. The zero-order chi connectivity index (χ0) is 13.2. The molecule has 0 aromatic heterocycles. The predicted octanol–water partition coefficient (Wildman–Crippen LogP) is 3.10. The second-order valence-corrected chi connectivity index (χ2v) is 4.70. The normalized spacial score (nSPS) is 10.7. The Morgan fingerprint density at radius 3 is 2.22 bits per heavy atom. The molecule has 0 aliphatic heterocycles. The predicted molar refractivity (Wildman–Crippen MR) is 75.4 cm³/mol. The Morgan fingerprint density at radius 2 is 1.67 bits per heavy atom. The molecule has 3 heteroatoms. The highest BCUT2D eigenvalue weighted by Gasteiger charge is 1.96. The molecule has 0 radical (unpaired) electrons. The van der Waals surface area contributed by atoms with Crippen molar-refractivity contribution in [1.29, 1.82) is 0 Å². The summed E-state index contributed by atoms with van der Waals surface area (Å²) in [7, 11) is 0. The van der Waals surface area contributed by atoms with Gasteiger partial charge in [0.25, 0.3) is 0 Å². The van der Waals surface area contributed by atoms with Crippen molar-refractivity contribution >= 4 is 0 Å². The minimum atomic E-state index is 0.696. The van der Waals surface area contributed by atoms with Crippen molar-refractivity contribution in [3.05, 3.63) is 24.3 Å². The van der Waals surface area contributed by atoms with E-state index in [1.165, 1.54) is 0 Å². The van der Waals surface area contributed by atoms with Crippen LogP contribution < -0.4 is 14.8 Å². The topological polar surface area (TPSA) is 30.5 Å². The molecule has 0 spiro atoms. The molecule has 0 saturated carbocycles. The summed E-state index contributed by atoms with van der Waals surface area (Å²) in [6.07, 6.45) is 1.03. The first-order chi connectivity index (χ1) is 8.72.